The van der Waals surface area contributed by atoms with Gasteiger partial charge < -0.3 is 10.1 Å². The van der Waals surface area contributed by atoms with Crippen molar-refractivity contribution in [2.75, 3.05) is 6.61 Å². The Balaban J connectivity index is 1.73. The molecular weight excluding hydrogens is 338 g/mol. The van der Waals surface area contributed by atoms with Crippen LogP contribution in [0, 0.1) is 0 Å². The minimum absolute atomic E-state index is 0.0444. The van der Waals surface area contributed by atoms with E-state index in [2.05, 4.69) is 24.4 Å². The van der Waals surface area contributed by atoms with Crippen LogP contribution < -0.4 is 5.32 Å². The normalized spacial score (nSPS) is 16.8. The summed E-state index contributed by atoms with van der Waals surface area (Å²) in [4.78, 5) is 22.8. The van der Waals surface area contributed by atoms with Gasteiger partial charge in [-0.05, 0) is 32.6 Å². The van der Waals surface area contributed by atoms with Crippen LogP contribution in [0.3, 0.4) is 0 Å². The molecule has 1 aliphatic heterocycles. The maximum absolute atomic E-state index is 11.7. The Hall–Kier alpha value is -1.32. The standard InChI is InChI=1S/C23H41NO3/c1-2-3-4-5-6-7-8-9-10-11-12-13-14-15-16-17-20-27-23(26)21-18-19-22(25)24-21/h2-3,21H,4-20H2,1H3,(H,24,25)/b3-2+/t21-/m0/s1. The van der Waals surface area contributed by atoms with Gasteiger partial charge in [0.05, 0.1) is 6.61 Å². The Labute approximate surface area is 166 Å². The van der Waals surface area contributed by atoms with E-state index >= 15 is 0 Å². The lowest BCUT2D eigenvalue weighted by Gasteiger charge is -2.09. The average molecular weight is 380 g/mol. The Morgan fingerprint density at radius 1 is 0.926 bits per heavy atom. The summed E-state index contributed by atoms with van der Waals surface area (Å²) in [6.07, 6.45) is 23.6. The molecule has 4 heteroatoms. The fraction of sp³-hybridized carbons (Fsp3) is 0.826. The fourth-order valence-corrected chi connectivity index (χ4v) is 3.54. The number of rotatable bonds is 17. The maximum atomic E-state index is 11.7. The van der Waals surface area contributed by atoms with Crippen molar-refractivity contribution in [1.82, 2.24) is 5.32 Å². The van der Waals surface area contributed by atoms with Gasteiger partial charge in [-0.2, -0.15) is 0 Å². The second kappa shape index (κ2) is 16.8. The Kier molecular flexibility index (Phi) is 14.8. The van der Waals surface area contributed by atoms with Crippen LogP contribution in [0.25, 0.3) is 0 Å². The van der Waals surface area contributed by atoms with E-state index in [4.69, 9.17) is 4.74 Å². The zero-order chi connectivity index (χ0) is 19.6. The maximum Gasteiger partial charge on any atom is 0.328 e. The van der Waals surface area contributed by atoms with Crippen molar-refractivity contribution in [1.29, 1.82) is 0 Å². The van der Waals surface area contributed by atoms with E-state index in [0.29, 0.717) is 19.4 Å². The van der Waals surface area contributed by atoms with Crippen molar-refractivity contribution in [2.45, 2.75) is 116 Å². The number of allylic oxidation sites excluding steroid dienone is 2. The van der Waals surface area contributed by atoms with Crippen LogP contribution in [0.5, 0.6) is 0 Å². The first-order chi connectivity index (χ1) is 13.2. The molecule has 1 atom stereocenters. The third-order valence-corrected chi connectivity index (χ3v) is 5.27. The number of nitrogens with one attached hydrogen (secondary N) is 1. The number of carbonyl (C=O) groups is 2. The number of carbonyl (C=O) groups excluding carboxylic acids is 2. The Morgan fingerprint density at radius 2 is 1.44 bits per heavy atom. The Morgan fingerprint density at radius 3 is 1.93 bits per heavy atom. The summed E-state index contributed by atoms with van der Waals surface area (Å²) < 4.78 is 5.24. The van der Waals surface area contributed by atoms with Gasteiger partial charge in [0.1, 0.15) is 6.04 Å². The highest BCUT2D eigenvalue weighted by atomic mass is 16.5. The van der Waals surface area contributed by atoms with Gasteiger partial charge in [-0.1, -0.05) is 82.8 Å². The Bertz CT molecular complexity index is 420. The molecule has 27 heavy (non-hydrogen) atoms. The smallest absolute Gasteiger partial charge is 0.328 e. The molecule has 0 aromatic rings. The van der Waals surface area contributed by atoms with Crippen molar-refractivity contribution in [3.63, 3.8) is 0 Å². The van der Waals surface area contributed by atoms with Crippen LogP contribution in [0.2, 0.25) is 0 Å². The third-order valence-electron chi connectivity index (χ3n) is 5.27. The van der Waals surface area contributed by atoms with Gasteiger partial charge in [-0.25, -0.2) is 4.79 Å². The summed E-state index contributed by atoms with van der Waals surface area (Å²) in [5.74, 6) is -0.310. The summed E-state index contributed by atoms with van der Waals surface area (Å²) >= 11 is 0. The first-order valence-electron chi connectivity index (χ1n) is 11.3. The van der Waals surface area contributed by atoms with Gasteiger partial charge in [0, 0.05) is 6.42 Å². The second-order valence-electron chi connectivity index (χ2n) is 7.78. The van der Waals surface area contributed by atoms with Crippen LogP contribution in [0.15, 0.2) is 12.2 Å². The van der Waals surface area contributed by atoms with Crippen LogP contribution in [0.4, 0.5) is 0 Å². The summed E-state index contributed by atoms with van der Waals surface area (Å²) in [5.41, 5.74) is 0. The van der Waals surface area contributed by atoms with Gasteiger partial charge in [0.25, 0.3) is 0 Å². The minimum Gasteiger partial charge on any atom is -0.464 e. The van der Waals surface area contributed by atoms with E-state index in [1.54, 1.807) is 0 Å². The zero-order valence-electron chi connectivity index (χ0n) is 17.5. The van der Waals surface area contributed by atoms with Crippen molar-refractivity contribution in [2.24, 2.45) is 0 Å². The number of hydrogen-bond acceptors (Lipinski definition) is 3. The fourth-order valence-electron chi connectivity index (χ4n) is 3.54. The quantitative estimate of drug-likeness (QED) is 0.196. The number of unbranched alkanes of at least 4 members (excludes halogenated alkanes) is 13. The molecule has 0 aromatic heterocycles. The van der Waals surface area contributed by atoms with E-state index < -0.39 is 6.04 Å². The lowest BCUT2D eigenvalue weighted by Crippen LogP contribution is -2.34. The van der Waals surface area contributed by atoms with Crippen LogP contribution in [-0.2, 0) is 14.3 Å². The average Bonchev–Trinajstić information content (AvgIpc) is 3.10. The molecule has 0 bridgehead atoms. The molecule has 1 fully saturated rings. The molecule has 1 aliphatic rings. The second-order valence-corrected chi connectivity index (χ2v) is 7.78. The van der Waals surface area contributed by atoms with Gasteiger partial charge in [0.2, 0.25) is 5.91 Å². The SMILES string of the molecule is C/C=C/CCCCCCCCCCCCCCCOC(=O)[C@@H]1CCC(=O)N1. The van der Waals surface area contributed by atoms with E-state index in [1.165, 1.54) is 77.0 Å². The highest BCUT2D eigenvalue weighted by molar-refractivity contribution is 5.87. The molecular formula is C23H41NO3. The summed E-state index contributed by atoms with van der Waals surface area (Å²) in [6, 6.07) is -0.407. The molecule has 156 valence electrons. The molecule has 0 saturated carbocycles. The van der Waals surface area contributed by atoms with Crippen molar-refractivity contribution in [3.8, 4) is 0 Å². The minimum atomic E-state index is -0.407. The molecule has 1 saturated heterocycles. The van der Waals surface area contributed by atoms with Crippen LogP contribution >= 0.6 is 0 Å². The summed E-state index contributed by atoms with van der Waals surface area (Å²) in [5, 5.41) is 2.64. The molecule has 0 spiro atoms. The zero-order valence-corrected chi connectivity index (χ0v) is 17.5. The van der Waals surface area contributed by atoms with E-state index in [0.717, 1.165) is 12.8 Å². The third kappa shape index (κ3) is 13.5. The van der Waals surface area contributed by atoms with Crippen LogP contribution in [-0.4, -0.2) is 24.5 Å². The molecule has 1 N–H and O–H groups in total. The molecule has 0 aromatic carbocycles. The van der Waals surface area contributed by atoms with Gasteiger partial charge in [0.15, 0.2) is 0 Å². The highest BCUT2D eigenvalue weighted by Crippen LogP contribution is 2.13. The molecule has 0 radical (unpaired) electrons. The summed E-state index contributed by atoms with van der Waals surface area (Å²) in [7, 11) is 0. The largest absolute Gasteiger partial charge is 0.464 e. The molecule has 0 aliphatic carbocycles. The van der Waals surface area contributed by atoms with E-state index in [9.17, 15) is 9.59 Å². The molecule has 1 rings (SSSR count). The van der Waals surface area contributed by atoms with E-state index in [-0.39, 0.29) is 11.9 Å². The van der Waals surface area contributed by atoms with Crippen LogP contribution in [0.1, 0.15) is 110 Å². The van der Waals surface area contributed by atoms with Gasteiger partial charge in [-0.3, -0.25) is 4.79 Å². The number of esters is 1. The number of ether oxygens (including phenoxy) is 1. The van der Waals surface area contributed by atoms with E-state index in [1.807, 2.05) is 0 Å². The monoisotopic (exact) mass is 379 g/mol. The molecule has 1 amide bonds. The first kappa shape index (κ1) is 23.7. The highest BCUT2D eigenvalue weighted by Gasteiger charge is 2.28. The summed E-state index contributed by atoms with van der Waals surface area (Å²) in [6.45, 7) is 2.58. The molecule has 1 heterocycles. The topological polar surface area (TPSA) is 55.4 Å². The molecule has 0 unspecified atom stereocenters. The lowest BCUT2D eigenvalue weighted by molar-refractivity contribution is -0.146. The number of amides is 1. The van der Waals surface area contributed by atoms with Crippen molar-refractivity contribution >= 4 is 11.9 Å². The van der Waals surface area contributed by atoms with Gasteiger partial charge >= 0.3 is 5.97 Å². The lowest BCUT2D eigenvalue weighted by atomic mass is 10.0. The van der Waals surface area contributed by atoms with Crippen molar-refractivity contribution < 1.29 is 14.3 Å². The predicted octanol–water partition coefficient (Wildman–Crippen LogP) is 5.85. The molecule has 4 nitrogen and oxygen atoms in total. The number of hydrogen-bond donors (Lipinski definition) is 1. The predicted molar refractivity (Wildman–Crippen MR) is 112 cm³/mol. The van der Waals surface area contributed by atoms with Crippen molar-refractivity contribution in [3.05, 3.63) is 12.2 Å². The van der Waals surface area contributed by atoms with Gasteiger partial charge in [-0.15, -0.1) is 0 Å². The first-order valence-corrected chi connectivity index (χ1v) is 11.3.